The molecule has 1 saturated heterocycles. The first-order valence-electron chi connectivity index (χ1n) is 8.42. The van der Waals surface area contributed by atoms with Crippen LogP contribution in [0.3, 0.4) is 0 Å². The third kappa shape index (κ3) is 2.37. The smallest absolute Gasteiger partial charge is 0.0477 e. The van der Waals surface area contributed by atoms with Crippen molar-refractivity contribution in [3.63, 3.8) is 0 Å². The predicted octanol–water partition coefficient (Wildman–Crippen LogP) is 2.78. The van der Waals surface area contributed by atoms with E-state index in [1.54, 1.807) is 0 Å². The van der Waals surface area contributed by atoms with Crippen LogP contribution in [0.15, 0.2) is 18.9 Å². The van der Waals surface area contributed by atoms with Crippen molar-refractivity contribution in [1.82, 2.24) is 14.8 Å². The number of fused-ring (bicyclic) bond motifs is 2. The second kappa shape index (κ2) is 6.05. The normalized spacial score (nSPS) is 30.2. The highest BCUT2D eigenvalue weighted by molar-refractivity contribution is 5.79. The summed E-state index contributed by atoms with van der Waals surface area (Å²) >= 11 is 0. The predicted molar refractivity (Wildman–Crippen MR) is 94.8 cm³/mol. The second-order valence-electron chi connectivity index (χ2n) is 6.95. The van der Waals surface area contributed by atoms with Gasteiger partial charge in [-0.1, -0.05) is 12.7 Å². The van der Waals surface area contributed by atoms with Crippen LogP contribution in [0.5, 0.6) is 0 Å². The summed E-state index contributed by atoms with van der Waals surface area (Å²) < 4.78 is 2.24. The number of aryl methyl sites for hydroxylation is 1. The van der Waals surface area contributed by atoms with Crippen LogP contribution >= 0.6 is 0 Å². The third-order valence-corrected chi connectivity index (χ3v) is 5.59. The Balaban J connectivity index is 2.03. The van der Waals surface area contributed by atoms with E-state index in [1.807, 2.05) is 6.08 Å². The average molecular weight is 299 g/mol. The highest BCUT2D eigenvalue weighted by atomic mass is 15.2. The quantitative estimate of drug-likeness (QED) is 0.926. The van der Waals surface area contributed by atoms with Gasteiger partial charge < -0.3 is 14.8 Å². The standard InChI is InChI=1S/C19H29N3/c1-6-15-16-8-13(10-20-3)11-21(4)18(16)9-14-12-22(5)17(7-2)19(14)15/h6-7,12-13,16,18,20H,2,8-11H2,1,3-5H3/b15-6-. The molecule has 3 heteroatoms. The topological polar surface area (TPSA) is 20.2 Å². The lowest BCUT2D eigenvalue weighted by Gasteiger charge is -2.46. The maximum absolute atomic E-state index is 4.04. The molecule has 2 aliphatic rings. The molecule has 0 amide bonds. The van der Waals surface area contributed by atoms with Crippen molar-refractivity contribution >= 4 is 11.6 Å². The molecule has 0 saturated carbocycles. The lowest BCUT2D eigenvalue weighted by molar-refractivity contribution is 0.102. The Labute approximate surface area is 134 Å². The van der Waals surface area contributed by atoms with Crippen LogP contribution < -0.4 is 5.32 Å². The Morgan fingerprint density at radius 2 is 2.18 bits per heavy atom. The number of likely N-dealkylation sites (tertiary alicyclic amines) is 1. The molecule has 3 nitrogen and oxygen atoms in total. The average Bonchev–Trinajstić information content (AvgIpc) is 2.81. The van der Waals surface area contributed by atoms with Gasteiger partial charge in [-0.25, -0.2) is 0 Å². The minimum absolute atomic E-state index is 0.645. The Kier molecular flexibility index (Phi) is 4.28. The maximum Gasteiger partial charge on any atom is 0.0477 e. The van der Waals surface area contributed by atoms with Crippen LogP contribution in [-0.4, -0.2) is 42.7 Å². The van der Waals surface area contributed by atoms with Gasteiger partial charge in [0.25, 0.3) is 0 Å². The first-order chi connectivity index (χ1) is 10.6. The first-order valence-corrected chi connectivity index (χ1v) is 8.42. The molecular formula is C19H29N3. The summed E-state index contributed by atoms with van der Waals surface area (Å²) in [5.74, 6) is 1.39. The highest BCUT2D eigenvalue weighted by Crippen LogP contribution is 2.45. The highest BCUT2D eigenvalue weighted by Gasteiger charge is 2.41. The number of rotatable bonds is 3. The molecule has 0 spiro atoms. The Morgan fingerprint density at radius 3 is 2.82 bits per heavy atom. The fraction of sp³-hybridized carbons (Fsp3) is 0.579. The third-order valence-electron chi connectivity index (χ3n) is 5.59. The van der Waals surface area contributed by atoms with Crippen molar-refractivity contribution in [2.45, 2.75) is 25.8 Å². The lowest BCUT2D eigenvalue weighted by atomic mass is 9.70. The van der Waals surface area contributed by atoms with E-state index in [-0.39, 0.29) is 0 Å². The van der Waals surface area contributed by atoms with Gasteiger partial charge in [-0.15, -0.1) is 0 Å². The van der Waals surface area contributed by atoms with E-state index < -0.39 is 0 Å². The van der Waals surface area contributed by atoms with Crippen molar-refractivity contribution < 1.29 is 0 Å². The van der Waals surface area contributed by atoms with Crippen LogP contribution in [-0.2, 0) is 13.5 Å². The zero-order chi connectivity index (χ0) is 15.9. The molecule has 1 aromatic heterocycles. The molecule has 1 N–H and O–H groups in total. The number of hydrogen-bond acceptors (Lipinski definition) is 2. The number of hydrogen-bond donors (Lipinski definition) is 1. The summed E-state index contributed by atoms with van der Waals surface area (Å²) in [7, 11) is 6.50. The summed E-state index contributed by atoms with van der Waals surface area (Å²) in [6.45, 7) is 8.55. The molecule has 3 atom stereocenters. The molecular weight excluding hydrogens is 270 g/mol. The summed E-state index contributed by atoms with van der Waals surface area (Å²) in [6, 6.07) is 0.645. The Bertz CT molecular complexity index is 596. The van der Waals surface area contributed by atoms with Crippen LogP contribution in [0.1, 0.15) is 30.2 Å². The SMILES string of the molecule is C=Cc1c2c(cn1C)CC1C(CC(CNC)CN1C)/C2=C/C. The zero-order valence-electron chi connectivity index (χ0n) is 14.4. The zero-order valence-corrected chi connectivity index (χ0v) is 14.4. The molecule has 3 unspecified atom stereocenters. The maximum atomic E-state index is 4.04. The van der Waals surface area contributed by atoms with Crippen LogP contribution in [0.25, 0.3) is 11.6 Å². The van der Waals surface area contributed by atoms with Gasteiger partial charge in [0.2, 0.25) is 0 Å². The largest absolute Gasteiger partial charge is 0.350 e. The molecule has 0 radical (unpaired) electrons. The monoisotopic (exact) mass is 299 g/mol. The molecule has 0 bridgehead atoms. The molecule has 120 valence electrons. The Hall–Kier alpha value is -1.32. The summed E-state index contributed by atoms with van der Waals surface area (Å²) in [4.78, 5) is 2.59. The van der Waals surface area contributed by atoms with Gasteiger partial charge in [0, 0.05) is 43.0 Å². The molecule has 1 fully saturated rings. The van der Waals surface area contributed by atoms with Gasteiger partial charge >= 0.3 is 0 Å². The van der Waals surface area contributed by atoms with Crippen molar-refractivity contribution in [3.8, 4) is 0 Å². The van der Waals surface area contributed by atoms with Crippen molar-refractivity contribution in [3.05, 3.63) is 35.7 Å². The van der Waals surface area contributed by atoms with E-state index in [1.165, 1.54) is 41.8 Å². The molecule has 1 aliphatic carbocycles. The van der Waals surface area contributed by atoms with Crippen molar-refractivity contribution in [1.29, 1.82) is 0 Å². The van der Waals surface area contributed by atoms with E-state index in [0.29, 0.717) is 12.0 Å². The van der Waals surface area contributed by atoms with Crippen LogP contribution in [0.4, 0.5) is 0 Å². The van der Waals surface area contributed by atoms with Crippen molar-refractivity contribution in [2.75, 3.05) is 27.2 Å². The number of piperidine rings is 1. The van der Waals surface area contributed by atoms with E-state index in [0.717, 1.165) is 12.5 Å². The number of likely N-dealkylation sites (N-methyl/N-ethyl adjacent to an activating group) is 1. The molecule has 1 aliphatic heterocycles. The minimum Gasteiger partial charge on any atom is -0.350 e. The van der Waals surface area contributed by atoms with Gasteiger partial charge in [-0.05, 0) is 63.5 Å². The second-order valence-corrected chi connectivity index (χ2v) is 6.95. The molecule has 0 aromatic carbocycles. The fourth-order valence-electron chi connectivity index (χ4n) is 4.72. The molecule has 22 heavy (non-hydrogen) atoms. The van der Waals surface area contributed by atoms with Gasteiger partial charge in [0.05, 0.1) is 0 Å². The van der Waals surface area contributed by atoms with E-state index >= 15 is 0 Å². The van der Waals surface area contributed by atoms with E-state index in [2.05, 4.69) is 61.7 Å². The summed E-state index contributed by atoms with van der Waals surface area (Å²) in [6.07, 6.45) is 9.13. The lowest BCUT2D eigenvalue weighted by Crippen LogP contribution is -2.51. The van der Waals surface area contributed by atoms with Gasteiger partial charge in [-0.3, -0.25) is 0 Å². The number of nitrogens with zero attached hydrogens (tertiary/aromatic N) is 2. The number of nitrogens with one attached hydrogen (secondary N) is 1. The van der Waals surface area contributed by atoms with Crippen LogP contribution in [0.2, 0.25) is 0 Å². The number of allylic oxidation sites excluding steroid dienone is 1. The van der Waals surface area contributed by atoms with Gasteiger partial charge in [0.1, 0.15) is 0 Å². The number of aromatic nitrogens is 1. The van der Waals surface area contributed by atoms with Crippen molar-refractivity contribution in [2.24, 2.45) is 18.9 Å². The summed E-state index contributed by atoms with van der Waals surface area (Å²) in [5.41, 5.74) is 5.76. The van der Waals surface area contributed by atoms with Gasteiger partial charge in [-0.2, -0.15) is 0 Å². The van der Waals surface area contributed by atoms with Crippen LogP contribution in [0, 0.1) is 11.8 Å². The fourth-order valence-corrected chi connectivity index (χ4v) is 4.72. The van der Waals surface area contributed by atoms with E-state index in [4.69, 9.17) is 0 Å². The molecule has 2 heterocycles. The first kappa shape index (κ1) is 15.6. The summed E-state index contributed by atoms with van der Waals surface area (Å²) in [5, 5.41) is 3.37. The Morgan fingerprint density at radius 1 is 1.41 bits per heavy atom. The van der Waals surface area contributed by atoms with Gasteiger partial charge in [0.15, 0.2) is 0 Å². The minimum atomic E-state index is 0.645. The molecule has 3 rings (SSSR count). The van der Waals surface area contributed by atoms with E-state index in [9.17, 15) is 0 Å². The molecule has 1 aromatic rings.